The van der Waals surface area contributed by atoms with Crippen LogP contribution in [0.15, 0.2) is 27.8 Å². The van der Waals surface area contributed by atoms with Crippen molar-refractivity contribution < 1.29 is 9.53 Å². The maximum atomic E-state index is 12.7. The highest BCUT2D eigenvalue weighted by molar-refractivity contribution is 5.92. The van der Waals surface area contributed by atoms with E-state index in [2.05, 4.69) is 16.7 Å². The molecule has 0 bridgehead atoms. The minimum Gasteiger partial charge on any atom is -0.380 e. The molecule has 31 heavy (non-hydrogen) atoms. The van der Waals surface area contributed by atoms with Crippen LogP contribution in [0.25, 0.3) is 0 Å². The molecular weight excluding hydrogens is 394 g/mol. The van der Waals surface area contributed by atoms with E-state index < -0.39 is 10.9 Å². The quantitative estimate of drug-likeness (QED) is 0.692. The number of nitrogens with one attached hydrogen (secondary N) is 2. The Morgan fingerprint density at radius 2 is 1.65 bits per heavy atom. The summed E-state index contributed by atoms with van der Waals surface area (Å²) in [6.45, 7) is 7.15. The van der Waals surface area contributed by atoms with Gasteiger partial charge in [-0.2, -0.15) is 0 Å². The van der Waals surface area contributed by atoms with Gasteiger partial charge in [0.1, 0.15) is 11.4 Å². The summed E-state index contributed by atoms with van der Waals surface area (Å²) in [5, 5.41) is 6.31. The van der Waals surface area contributed by atoms with Gasteiger partial charge in [0.25, 0.3) is 10.9 Å². The average molecular weight is 426 g/mol. The standard InChI is InChI=1S/C24H31N3O4/c1-15-11-16(2)13-19(12-15)26-24(30)18-5-3-17(4-6-18)14-25-20-21(23(29)22(20)28)27-7-9-31-10-8-27/h11-13,17-18,25H,3-10,14H2,1-2H3,(H,26,30). The Bertz CT molecular complexity index is 990. The van der Waals surface area contributed by atoms with Crippen molar-refractivity contribution in [1.82, 2.24) is 0 Å². The van der Waals surface area contributed by atoms with Gasteiger partial charge in [-0.25, -0.2) is 0 Å². The van der Waals surface area contributed by atoms with Crippen molar-refractivity contribution in [2.75, 3.05) is 48.4 Å². The molecule has 1 saturated heterocycles. The molecule has 1 aliphatic heterocycles. The van der Waals surface area contributed by atoms with Crippen LogP contribution < -0.4 is 26.4 Å². The van der Waals surface area contributed by atoms with E-state index in [4.69, 9.17) is 4.74 Å². The predicted octanol–water partition coefficient (Wildman–Crippen LogP) is 2.59. The zero-order chi connectivity index (χ0) is 22.0. The van der Waals surface area contributed by atoms with E-state index in [0.29, 0.717) is 50.1 Å². The highest BCUT2D eigenvalue weighted by Gasteiger charge is 2.29. The van der Waals surface area contributed by atoms with Gasteiger partial charge < -0.3 is 20.3 Å². The molecule has 1 amide bonds. The molecule has 4 rings (SSSR count). The van der Waals surface area contributed by atoms with Crippen molar-refractivity contribution in [1.29, 1.82) is 0 Å². The van der Waals surface area contributed by atoms with Crippen LogP contribution in [0.5, 0.6) is 0 Å². The lowest BCUT2D eigenvalue weighted by atomic mass is 9.81. The molecule has 0 atom stereocenters. The lowest BCUT2D eigenvalue weighted by Crippen LogP contribution is -2.47. The van der Waals surface area contributed by atoms with Crippen molar-refractivity contribution in [3.05, 3.63) is 49.8 Å². The van der Waals surface area contributed by atoms with Crippen molar-refractivity contribution in [3.8, 4) is 0 Å². The second kappa shape index (κ2) is 9.22. The third-order valence-corrected chi connectivity index (χ3v) is 6.49. The van der Waals surface area contributed by atoms with E-state index in [9.17, 15) is 14.4 Å². The first-order valence-electron chi connectivity index (χ1n) is 11.2. The van der Waals surface area contributed by atoms with Gasteiger partial charge in [0.05, 0.1) is 13.2 Å². The summed E-state index contributed by atoms with van der Waals surface area (Å²) in [6.07, 6.45) is 3.54. The summed E-state index contributed by atoms with van der Waals surface area (Å²) in [7, 11) is 0. The Kier molecular flexibility index (Phi) is 6.41. The second-order valence-corrected chi connectivity index (χ2v) is 8.95. The number of hydrogen-bond acceptors (Lipinski definition) is 6. The fourth-order valence-corrected chi connectivity index (χ4v) is 4.80. The van der Waals surface area contributed by atoms with Gasteiger partial charge in [-0.05, 0) is 68.7 Å². The first-order chi connectivity index (χ1) is 14.9. The molecule has 2 aromatic carbocycles. The number of hydrogen-bond donors (Lipinski definition) is 2. The van der Waals surface area contributed by atoms with Crippen LogP contribution >= 0.6 is 0 Å². The molecule has 0 unspecified atom stereocenters. The molecule has 2 aromatic rings. The Morgan fingerprint density at radius 3 is 2.29 bits per heavy atom. The zero-order valence-corrected chi connectivity index (χ0v) is 18.3. The zero-order valence-electron chi connectivity index (χ0n) is 18.3. The van der Waals surface area contributed by atoms with E-state index in [-0.39, 0.29) is 11.8 Å². The fourth-order valence-electron chi connectivity index (χ4n) is 4.80. The molecule has 2 fully saturated rings. The van der Waals surface area contributed by atoms with E-state index >= 15 is 0 Å². The van der Waals surface area contributed by atoms with Gasteiger partial charge in [-0.1, -0.05) is 6.07 Å². The lowest BCUT2D eigenvalue weighted by molar-refractivity contribution is -0.121. The maximum Gasteiger partial charge on any atom is 0.253 e. The van der Waals surface area contributed by atoms with Gasteiger partial charge >= 0.3 is 0 Å². The number of carbonyl (C=O) groups is 1. The van der Waals surface area contributed by atoms with Gasteiger partial charge in [0.2, 0.25) is 5.91 Å². The fraction of sp³-hybridized carbons (Fsp3) is 0.542. The van der Waals surface area contributed by atoms with Crippen molar-refractivity contribution in [3.63, 3.8) is 0 Å². The monoisotopic (exact) mass is 425 g/mol. The minimum atomic E-state index is -0.414. The van der Waals surface area contributed by atoms with Crippen LogP contribution in [-0.2, 0) is 9.53 Å². The first kappa shape index (κ1) is 21.6. The maximum absolute atomic E-state index is 12.7. The van der Waals surface area contributed by atoms with Crippen LogP contribution in [0.2, 0.25) is 0 Å². The van der Waals surface area contributed by atoms with E-state index in [1.54, 1.807) is 0 Å². The summed E-state index contributed by atoms with van der Waals surface area (Å²) in [5.74, 6) is 0.507. The van der Waals surface area contributed by atoms with Gasteiger partial charge in [0.15, 0.2) is 0 Å². The minimum absolute atomic E-state index is 0.0205. The van der Waals surface area contributed by atoms with Crippen molar-refractivity contribution >= 4 is 23.0 Å². The number of anilines is 3. The van der Waals surface area contributed by atoms with E-state index in [1.807, 2.05) is 30.9 Å². The van der Waals surface area contributed by atoms with Gasteiger partial charge in [0, 0.05) is 31.2 Å². The molecule has 0 aromatic heterocycles. The first-order valence-corrected chi connectivity index (χ1v) is 11.2. The van der Waals surface area contributed by atoms with Crippen LogP contribution in [0.4, 0.5) is 17.1 Å². The predicted molar refractivity (Wildman–Crippen MR) is 123 cm³/mol. The number of rotatable bonds is 6. The van der Waals surface area contributed by atoms with Gasteiger partial charge in [-0.15, -0.1) is 0 Å². The largest absolute Gasteiger partial charge is 0.380 e. The molecule has 2 aliphatic rings. The number of nitrogens with zero attached hydrogens (tertiary/aromatic N) is 1. The molecular formula is C24H31N3O4. The molecule has 166 valence electrons. The number of benzene rings is 1. The molecule has 1 saturated carbocycles. The normalized spacial score (nSPS) is 21.8. The van der Waals surface area contributed by atoms with E-state index in [1.165, 1.54) is 0 Å². The third kappa shape index (κ3) is 4.82. The molecule has 1 heterocycles. The highest BCUT2D eigenvalue weighted by Crippen LogP contribution is 2.31. The van der Waals surface area contributed by atoms with Crippen LogP contribution in [-0.4, -0.2) is 38.8 Å². The lowest BCUT2D eigenvalue weighted by Gasteiger charge is -2.32. The van der Waals surface area contributed by atoms with Crippen LogP contribution in [0, 0.1) is 25.7 Å². The number of morpholine rings is 1. The molecule has 7 nitrogen and oxygen atoms in total. The number of ether oxygens (including phenoxy) is 1. The molecule has 2 N–H and O–H groups in total. The second-order valence-electron chi connectivity index (χ2n) is 8.95. The number of amides is 1. The van der Waals surface area contributed by atoms with Gasteiger partial charge in [-0.3, -0.25) is 14.4 Å². The summed E-state index contributed by atoms with van der Waals surface area (Å²) in [6, 6.07) is 6.09. The topological polar surface area (TPSA) is 87.7 Å². The van der Waals surface area contributed by atoms with Crippen LogP contribution in [0.1, 0.15) is 36.8 Å². The smallest absolute Gasteiger partial charge is 0.253 e. The van der Waals surface area contributed by atoms with Crippen molar-refractivity contribution in [2.45, 2.75) is 39.5 Å². The molecule has 1 aliphatic carbocycles. The summed E-state index contributed by atoms with van der Waals surface area (Å²) in [4.78, 5) is 38.8. The molecule has 0 radical (unpaired) electrons. The molecule has 0 spiro atoms. The average Bonchev–Trinajstić information content (AvgIpc) is 2.76. The Hall–Kier alpha value is -2.67. The Labute approximate surface area is 182 Å². The summed E-state index contributed by atoms with van der Waals surface area (Å²) < 4.78 is 5.34. The van der Waals surface area contributed by atoms with Crippen LogP contribution in [0.3, 0.4) is 0 Å². The number of carbonyl (C=O) groups excluding carboxylic acids is 1. The number of aryl methyl sites for hydroxylation is 2. The Balaban J connectivity index is 1.27. The van der Waals surface area contributed by atoms with E-state index in [0.717, 1.165) is 42.5 Å². The highest BCUT2D eigenvalue weighted by atomic mass is 16.5. The SMILES string of the molecule is Cc1cc(C)cc(NC(=O)C2CCC(CNc3c(N4CCOCC4)c(=O)c3=O)CC2)c1. The Morgan fingerprint density at radius 1 is 1.00 bits per heavy atom. The third-order valence-electron chi connectivity index (χ3n) is 6.49. The summed E-state index contributed by atoms with van der Waals surface area (Å²) >= 11 is 0. The van der Waals surface area contributed by atoms with Crippen molar-refractivity contribution in [2.24, 2.45) is 11.8 Å². The molecule has 7 heteroatoms. The summed E-state index contributed by atoms with van der Waals surface area (Å²) in [5.41, 5.74) is 3.32.